The Morgan fingerprint density at radius 3 is 2.24 bits per heavy atom. The fraction of sp³-hybridized carbons (Fsp3) is 0.208. The number of alkyl halides is 3. The number of amides is 1. The fourth-order valence-electron chi connectivity index (χ4n) is 3.13. The molecule has 0 atom stereocenters. The zero-order valence-corrected chi connectivity index (χ0v) is 19.8. The summed E-state index contributed by atoms with van der Waals surface area (Å²) >= 11 is 5.99. The zero-order chi connectivity index (χ0) is 25.1. The fourth-order valence-corrected chi connectivity index (χ4v) is 4.29. The molecule has 180 valence electrons. The molecule has 0 bridgehead atoms. The number of halogens is 4. The third-order valence-electron chi connectivity index (χ3n) is 4.89. The molecule has 3 rings (SSSR count). The van der Waals surface area contributed by atoms with Crippen molar-refractivity contribution in [3.63, 3.8) is 0 Å². The van der Waals surface area contributed by atoms with Crippen molar-refractivity contribution < 1.29 is 30.6 Å². The highest BCUT2D eigenvalue weighted by Gasteiger charge is 2.32. The van der Waals surface area contributed by atoms with E-state index in [4.69, 9.17) is 15.8 Å². The van der Waals surface area contributed by atoms with Gasteiger partial charge in [-0.3, -0.25) is 4.79 Å². The van der Waals surface area contributed by atoms with Crippen LogP contribution >= 0.6 is 11.6 Å². The van der Waals surface area contributed by atoms with Crippen LogP contribution in [0.1, 0.15) is 35.3 Å². The van der Waals surface area contributed by atoms with Gasteiger partial charge in [-0.05, 0) is 67.9 Å². The molecule has 0 aliphatic heterocycles. The van der Waals surface area contributed by atoms with Crippen molar-refractivity contribution in [3.05, 3.63) is 94.5 Å². The maximum atomic E-state index is 12.9. The van der Waals surface area contributed by atoms with Gasteiger partial charge < -0.3 is 9.08 Å². The SMILES string of the molecule is CC(C)N(Cc1ccc(OS(=O)(=O)c2cccc(C(F)(F)F)c2)cc1)C(=O)c1cccc(Cl)c1. The number of nitrogens with zero attached hydrogens (tertiary/aromatic N) is 1. The summed E-state index contributed by atoms with van der Waals surface area (Å²) in [4.78, 5) is 14.0. The Bertz CT molecular complexity index is 1280. The molecule has 0 aliphatic carbocycles. The first-order chi connectivity index (χ1) is 15.9. The lowest BCUT2D eigenvalue weighted by atomic mass is 10.1. The Morgan fingerprint density at radius 1 is 1.00 bits per heavy atom. The first kappa shape index (κ1) is 25.6. The van der Waals surface area contributed by atoms with Gasteiger partial charge in [0.15, 0.2) is 0 Å². The quantitative estimate of drug-likeness (QED) is 0.355. The van der Waals surface area contributed by atoms with E-state index in [1.165, 1.54) is 12.1 Å². The van der Waals surface area contributed by atoms with Gasteiger partial charge >= 0.3 is 16.3 Å². The number of rotatable bonds is 7. The van der Waals surface area contributed by atoms with E-state index in [1.54, 1.807) is 41.3 Å². The number of hydrogen-bond donors (Lipinski definition) is 0. The zero-order valence-electron chi connectivity index (χ0n) is 18.2. The lowest BCUT2D eigenvalue weighted by Gasteiger charge is -2.27. The topological polar surface area (TPSA) is 63.7 Å². The van der Waals surface area contributed by atoms with Crippen LogP contribution in [-0.4, -0.2) is 25.3 Å². The van der Waals surface area contributed by atoms with E-state index in [2.05, 4.69) is 0 Å². The van der Waals surface area contributed by atoms with Gasteiger partial charge in [0.05, 0.1) is 5.56 Å². The van der Waals surface area contributed by atoms with Crippen molar-refractivity contribution in [2.45, 2.75) is 37.5 Å². The molecule has 0 saturated carbocycles. The summed E-state index contributed by atoms with van der Waals surface area (Å²) in [6.45, 7) is 3.97. The molecule has 3 aromatic carbocycles. The third kappa shape index (κ3) is 6.30. The minimum absolute atomic E-state index is 0.0709. The Balaban J connectivity index is 1.76. The van der Waals surface area contributed by atoms with Crippen LogP contribution in [-0.2, 0) is 22.8 Å². The van der Waals surface area contributed by atoms with E-state index < -0.39 is 26.8 Å². The summed E-state index contributed by atoms with van der Waals surface area (Å²) < 4.78 is 68.6. The second kappa shape index (κ2) is 10.1. The van der Waals surface area contributed by atoms with E-state index in [9.17, 15) is 26.4 Å². The molecule has 10 heteroatoms. The number of benzene rings is 3. The van der Waals surface area contributed by atoms with Gasteiger partial charge in [0.1, 0.15) is 10.6 Å². The number of hydrogen-bond acceptors (Lipinski definition) is 4. The van der Waals surface area contributed by atoms with Crippen LogP contribution in [0.5, 0.6) is 5.75 Å². The van der Waals surface area contributed by atoms with E-state index in [-0.39, 0.29) is 24.2 Å². The Labute approximate surface area is 200 Å². The first-order valence-electron chi connectivity index (χ1n) is 10.1. The highest BCUT2D eigenvalue weighted by molar-refractivity contribution is 7.87. The summed E-state index contributed by atoms with van der Waals surface area (Å²) in [6, 6.07) is 15.7. The van der Waals surface area contributed by atoms with Crippen LogP contribution in [0.25, 0.3) is 0 Å². The molecule has 0 radical (unpaired) electrons. The van der Waals surface area contributed by atoms with Crippen LogP contribution in [0.2, 0.25) is 5.02 Å². The minimum Gasteiger partial charge on any atom is -0.379 e. The van der Waals surface area contributed by atoms with Crippen LogP contribution in [0, 0.1) is 0 Å². The molecular formula is C24H21ClF3NO4S. The average molecular weight is 512 g/mol. The molecule has 0 saturated heterocycles. The normalized spacial score (nSPS) is 12.0. The molecule has 3 aromatic rings. The van der Waals surface area contributed by atoms with Crippen LogP contribution in [0.4, 0.5) is 13.2 Å². The van der Waals surface area contributed by atoms with Gasteiger partial charge in [-0.2, -0.15) is 21.6 Å². The monoisotopic (exact) mass is 511 g/mol. The Kier molecular flexibility index (Phi) is 7.57. The van der Waals surface area contributed by atoms with E-state index >= 15 is 0 Å². The molecule has 0 heterocycles. The maximum Gasteiger partial charge on any atom is 0.416 e. The molecular weight excluding hydrogens is 491 g/mol. The van der Waals surface area contributed by atoms with Gasteiger partial charge in [-0.1, -0.05) is 35.9 Å². The third-order valence-corrected chi connectivity index (χ3v) is 6.37. The van der Waals surface area contributed by atoms with Crippen molar-refractivity contribution in [2.24, 2.45) is 0 Å². The molecule has 34 heavy (non-hydrogen) atoms. The maximum absolute atomic E-state index is 12.9. The predicted octanol–water partition coefficient (Wildman–Crippen LogP) is 6.18. The number of carbonyl (C=O) groups excluding carboxylic acids is 1. The molecule has 0 aliphatic rings. The van der Waals surface area contributed by atoms with Gasteiger partial charge in [-0.25, -0.2) is 0 Å². The average Bonchev–Trinajstić information content (AvgIpc) is 2.77. The van der Waals surface area contributed by atoms with Crippen LogP contribution in [0.3, 0.4) is 0 Å². The van der Waals surface area contributed by atoms with Crippen molar-refractivity contribution in [3.8, 4) is 5.75 Å². The lowest BCUT2D eigenvalue weighted by Crippen LogP contribution is -2.36. The lowest BCUT2D eigenvalue weighted by molar-refractivity contribution is -0.137. The highest BCUT2D eigenvalue weighted by atomic mass is 35.5. The molecule has 1 amide bonds. The smallest absolute Gasteiger partial charge is 0.379 e. The molecule has 0 spiro atoms. The largest absolute Gasteiger partial charge is 0.416 e. The standard InChI is InChI=1S/C24H21ClF3NO4S/c1-16(2)29(23(30)18-5-3-7-20(25)13-18)15-17-9-11-21(12-10-17)33-34(31,32)22-8-4-6-19(14-22)24(26,27)28/h3-14,16H,15H2,1-2H3. The molecule has 0 fully saturated rings. The van der Waals surface area contributed by atoms with E-state index in [1.807, 2.05) is 13.8 Å². The summed E-state index contributed by atoms with van der Waals surface area (Å²) in [5.74, 6) is -0.289. The number of carbonyl (C=O) groups is 1. The second-order valence-corrected chi connectivity index (χ2v) is 9.73. The summed E-state index contributed by atoms with van der Waals surface area (Å²) in [5, 5.41) is 0.443. The van der Waals surface area contributed by atoms with Crippen LogP contribution in [0.15, 0.2) is 77.7 Å². The minimum atomic E-state index is -4.68. The van der Waals surface area contributed by atoms with Crippen molar-refractivity contribution >= 4 is 27.6 Å². The first-order valence-corrected chi connectivity index (χ1v) is 11.9. The highest BCUT2D eigenvalue weighted by Crippen LogP contribution is 2.31. The molecule has 0 aromatic heterocycles. The molecule has 0 unspecified atom stereocenters. The van der Waals surface area contributed by atoms with Crippen LogP contribution < -0.4 is 4.18 Å². The molecule has 5 nitrogen and oxygen atoms in total. The van der Waals surface area contributed by atoms with E-state index in [0.29, 0.717) is 22.2 Å². The predicted molar refractivity (Wildman–Crippen MR) is 122 cm³/mol. The van der Waals surface area contributed by atoms with Crippen molar-refractivity contribution in [2.75, 3.05) is 0 Å². The van der Waals surface area contributed by atoms with Gasteiger partial charge in [-0.15, -0.1) is 0 Å². The van der Waals surface area contributed by atoms with Crippen molar-refractivity contribution in [1.29, 1.82) is 0 Å². The van der Waals surface area contributed by atoms with Gasteiger partial charge in [0.25, 0.3) is 5.91 Å². The van der Waals surface area contributed by atoms with Gasteiger partial charge in [0.2, 0.25) is 0 Å². The summed E-state index contributed by atoms with van der Waals surface area (Å²) in [6.07, 6.45) is -4.68. The van der Waals surface area contributed by atoms with Gasteiger partial charge in [0, 0.05) is 23.2 Å². The van der Waals surface area contributed by atoms with Crippen molar-refractivity contribution in [1.82, 2.24) is 4.90 Å². The molecule has 0 N–H and O–H groups in total. The summed E-state index contributed by atoms with van der Waals surface area (Å²) in [7, 11) is -4.48. The summed E-state index contributed by atoms with van der Waals surface area (Å²) in [5.41, 5.74) is 0.0481. The Hall–Kier alpha value is -3.04. The second-order valence-electron chi connectivity index (χ2n) is 7.74. The Morgan fingerprint density at radius 2 is 1.65 bits per heavy atom. The van der Waals surface area contributed by atoms with E-state index in [0.717, 1.165) is 18.2 Å².